The third-order valence-corrected chi connectivity index (χ3v) is 10.4. The van der Waals surface area contributed by atoms with Gasteiger partial charge in [-0.25, -0.2) is 0 Å². The van der Waals surface area contributed by atoms with Crippen molar-refractivity contribution in [2.75, 3.05) is 6.54 Å². The minimum absolute atomic E-state index is 0.0213. The van der Waals surface area contributed by atoms with Crippen molar-refractivity contribution in [3.63, 3.8) is 0 Å². The second-order valence-electron chi connectivity index (χ2n) is 11.4. The molecule has 0 radical (unpaired) electrons. The van der Waals surface area contributed by atoms with Gasteiger partial charge in [0.15, 0.2) is 0 Å². The highest BCUT2D eigenvalue weighted by Gasteiger charge is 2.58. The molecule has 4 saturated carbocycles. The van der Waals surface area contributed by atoms with Gasteiger partial charge in [-0.3, -0.25) is 4.90 Å². The van der Waals surface area contributed by atoms with Gasteiger partial charge in [-0.15, -0.1) is 0 Å². The van der Waals surface area contributed by atoms with Crippen molar-refractivity contribution in [3.8, 4) is 0 Å². The third kappa shape index (κ3) is 2.43. The van der Waals surface area contributed by atoms with E-state index in [9.17, 15) is 5.11 Å². The number of hydrogen-bond acceptors (Lipinski definition) is 2. The van der Waals surface area contributed by atoms with Crippen LogP contribution >= 0.6 is 0 Å². The lowest BCUT2D eigenvalue weighted by Crippen LogP contribution is -2.46. The average Bonchev–Trinajstić information content (AvgIpc) is 3.17. The van der Waals surface area contributed by atoms with Crippen LogP contribution in [0.15, 0.2) is 0 Å². The molecule has 0 aromatic rings. The van der Waals surface area contributed by atoms with Gasteiger partial charge < -0.3 is 5.11 Å². The van der Waals surface area contributed by atoms with Crippen molar-refractivity contribution < 1.29 is 5.11 Å². The molecule has 0 bridgehead atoms. The highest BCUT2D eigenvalue weighted by Crippen LogP contribution is 2.62. The summed E-state index contributed by atoms with van der Waals surface area (Å²) in [6.45, 7) is 3.89. The van der Waals surface area contributed by atoms with Crippen LogP contribution in [-0.2, 0) is 0 Å². The van der Waals surface area contributed by atoms with Crippen molar-refractivity contribution in [2.24, 2.45) is 47.3 Å². The topological polar surface area (TPSA) is 23.5 Å². The van der Waals surface area contributed by atoms with E-state index >= 15 is 0 Å². The highest BCUT2D eigenvalue weighted by atomic mass is 16.3. The van der Waals surface area contributed by atoms with E-state index < -0.39 is 0 Å². The highest BCUT2D eigenvalue weighted by molar-refractivity contribution is 5.10. The van der Waals surface area contributed by atoms with E-state index in [2.05, 4.69) is 11.8 Å². The average molecular weight is 358 g/mol. The van der Waals surface area contributed by atoms with E-state index in [0.717, 1.165) is 72.3 Å². The summed E-state index contributed by atoms with van der Waals surface area (Å²) in [5.74, 6) is 8.05. The Kier molecular flexibility index (Phi) is 4.02. The molecular formula is C24H39NO. The normalized spacial score (nSPS) is 59.1. The van der Waals surface area contributed by atoms with Crippen LogP contribution in [0, 0.1) is 47.3 Å². The molecule has 11 atom stereocenters. The van der Waals surface area contributed by atoms with Crippen LogP contribution in [0.1, 0.15) is 77.6 Å². The molecule has 2 heterocycles. The number of nitrogens with zero attached hydrogens (tertiary/aromatic N) is 1. The van der Waals surface area contributed by atoms with Crippen molar-refractivity contribution in [1.82, 2.24) is 4.90 Å². The fourth-order valence-electron chi connectivity index (χ4n) is 9.52. The Hall–Kier alpha value is -0.0800. The van der Waals surface area contributed by atoms with Crippen LogP contribution < -0.4 is 0 Å². The van der Waals surface area contributed by atoms with Crippen molar-refractivity contribution in [3.05, 3.63) is 0 Å². The van der Waals surface area contributed by atoms with E-state index in [4.69, 9.17) is 0 Å². The van der Waals surface area contributed by atoms with Crippen LogP contribution in [0.25, 0.3) is 0 Å². The molecule has 0 amide bonds. The molecule has 9 unspecified atom stereocenters. The molecule has 6 fully saturated rings. The Morgan fingerprint density at radius 3 is 2.27 bits per heavy atom. The quantitative estimate of drug-likeness (QED) is 0.679. The summed E-state index contributed by atoms with van der Waals surface area (Å²) in [7, 11) is 0. The van der Waals surface area contributed by atoms with Gasteiger partial charge in [0.1, 0.15) is 0 Å². The van der Waals surface area contributed by atoms with Crippen LogP contribution in [0.3, 0.4) is 0 Å². The minimum atomic E-state index is 0.0213. The first kappa shape index (κ1) is 16.8. The van der Waals surface area contributed by atoms with E-state index in [-0.39, 0.29) is 6.10 Å². The molecule has 26 heavy (non-hydrogen) atoms. The van der Waals surface area contributed by atoms with E-state index in [1.54, 1.807) is 19.3 Å². The second kappa shape index (κ2) is 6.21. The molecule has 1 N–H and O–H groups in total. The van der Waals surface area contributed by atoms with Crippen molar-refractivity contribution in [1.29, 1.82) is 0 Å². The van der Waals surface area contributed by atoms with Gasteiger partial charge in [-0.1, -0.05) is 6.92 Å². The first-order valence-electron chi connectivity index (χ1n) is 12.1. The largest absolute Gasteiger partial charge is 0.393 e. The van der Waals surface area contributed by atoms with E-state index in [1.807, 2.05) is 0 Å². The lowest BCUT2D eigenvalue weighted by Gasteiger charge is -2.53. The summed E-state index contributed by atoms with van der Waals surface area (Å²) < 4.78 is 0. The van der Waals surface area contributed by atoms with E-state index in [1.165, 1.54) is 45.1 Å². The zero-order valence-corrected chi connectivity index (χ0v) is 16.7. The second-order valence-corrected chi connectivity index (χ2v) is 11.4. The van der Waals surface area contributed by atoms with Gasteiger partial charge in [0.25, 0.3) is 0 Å². The number of aliphatic hydroxyl groups is 1. The van der Waals surface area contributed by atoms with Crippen LogP contribution in [0.2, 0.25) is 0 Å². The molecule has 2 nitrogen and oxygen atoms in total. The molecule has 6 aliphatic rings. The number of piperidine rings is 1. The summed E-state index contributed by atoms with van der Waals surface area (Å²) in [5, 5.41) is 10.1. The molecule has 2 saturated heterocycles. The maximum Gasteiger partial charge on any atom is 0.0543 e. The van der Waals surface area contributed by atoms with Crippen LogP contribution in [0.5, 0.6) is 0 Å². The summed E-state index contributed by atoms with van der Waals surface area (Å²) in [4.78, 5) is 3.01. The predicted octanol–water partition coefficient (Wildman–Crippen LogP) is 4.71. The lowest BCUT2D eigenvalue weighted by molar-refractivity contribution is -0.0510. The SMILES string of the molecule is C[C@H]1CCC2CC3C4CCC5C6CC[C@H](O)CC6CCC5C4CC3N2C1. The maximum atomic E-state index is 10.1. The van der Waals surface area contributed by atoms with Gasteiger partial charge in [-0.2, -0.15) is 0 Å². The third-order valence-electron chi connectivity index (χ3n) is 10.4. The van der Waals surface area contributed by atoms with Gasteiger partial charge >= 0.3 is 0 Å². The zero-order valence-electron chi connectivity index (χ0n) is 16.7. The van der Waals surface area contributed by atoms with Gasteiger partial charge in [0.05, 0.1) is 6.10 Å². The first-order valence-corrected chi connectivity index (χ1v) is 12.1. The molecule has 2 aliphatic heterocycles. The Labute approximate surface area is 160 Å². The van der Waals surface area contributed by atoms with Gasteiger partial charge in [-0.05, 0) is 118 Å². The number of aliphatic hydroxyl groups excluding tert-OH is 1. The van der Waals surface area contributed by atoms with Gasteiger partial charge in [0, 0.05) is 18.6 Å². The number of fused-ring (bicyclic) bond motifs is 9. The fourth-order valence-corrected chi connectivity index (χ4v) is 9.52. The molecule has 2 heteroatoms. The summed E-state index contributed by atoms with van der Waals surface area (Å²) >= 11 is 0. The Morgan fingerprint density at radius 2 is 1.38 bits per heavy atom. The van der Waals surface area contributed by atoms with Crippen molar-refractivity contribution >= 4 is 0 Å². The minimum Gasteiger partial charge on any atom is -0.393 e. The molecular weight excluding hydrogens is 318 g/mol. The monoisotopic (exact) mass is 357 g/mol. The Bertz CT molecular complexity index is 548. The van der Waals surface area contributed by atoms with Crippen LogP contribution in [-0.4, -0.2) is 34.7 Å². The van der Waals surface area contributed by atoms with Crippen molar-refractivity contribution in [2.45, 2.75) is 95.7 Å². The molecule has 6 rings (SSSR count). The number of rotatable bonds is 0. The van der Waals surface area contributed by atoms with E-state index in [0.29, 0.717) is 0 Å². The zero-order chi connectivity index (χ0) is 17.4. The molecule has 0 spiro atoms. The predicted molar refractivity (Wildman–Crippen MR) is 105 cm³/mol. The smallest absolute Gasteiger partial charge is 0.0543 e. The summed E-state index contributed by atoms with van der Waals surface area (Å²) in [6.07, 6.45) is 15.7. The fraction of sp³-hybridized carbons (Fsp3) is 1.00. The Balaban J connectivity index is 1.21. The van der Waals surface area contributed by atoms with Crippen LogP contribution in [0.4, 0.5) is 0 Å². The molecule has 0 aromatic heterocycles. The molecule has 0 aromatic carbocycles. The number of hydrogen-bond donors (Lipinski definition) is 1. The molecule has 146 valence electrons. The maximum absolute atomic E-state index is 10.1. The summed E-state index contributed by atoms with van der Waals surface area (Å²) in [5.41, 5.74) is 0. The summed E-state index contributed by atoms with van der Waals surface area (Å²) in [6, 6.07) is 1.91. The Morgan fingerprint density at radius 1 is 0.654 bits per heavy atom. The van der Waals surface area contributed by atoms with Gasteiger partial charge in [0.2, 0.25) is 0 Å². The molecule has 4 aliphatic carbocycles. The standard InChI is InChI=1S/C24H39NO/c1-14-2-4-16-11-23-21-9-8-19-18-7-5-17(26)10-15(18)3-6-20(19)22(21)12-24(23)25(16)13-14/h14-24,26H,2-13H2,1H3/t14-,15?,16?,17-,18?,19?,20?,21?,22?,23?,24?/m0/s1. The first-order chi connectivity index (χ1) is 12.7. The lowest BCUT2D eigenvalue weighted by atomic mass is 9.53.